The minimum absolute atomic E-state index is 0.0152. The minimum atomic E-state index is -3.77. The van der Waals surface area contributed by atoms with Gasteiger partial charge in [-0.25, -0.2) is 12.8 Å². The number of sulfonamides is 1. The lowest BCUT2D eigenvalue weighted by Crippen LogP contribution is -2.42. The maximum absolute atomic E-state index is 13.0. The Bertz CT molecular complexity index is 857. The molecule has 1 atom stereocenters. The van der Waals surface area contributed by atoms with Crippen molar-refractivity contribution in [3.63, 3.8) is 0 Å². The van der Waals surface area contributed by atoms with Gasteiger partial charge in [-0.1, -0.05) is 6.07 Å². The second kappa shape index (κ2) is 7.92. The number of aromatic nitrogens is 1. The summed E-state index contributed by atoms with van der Waals surface area (Å²) in [6.07, 6.45) is 2.74. The van der Waals surface area contributed by atoms with Gasteiger partial charge in [0.15, 0.2) is 0 Å². The first-order valence-corrected chi connectivity index (χ1v) is 9.73. The molecular weight excluding hydrogens is 359 g/mol. The van der Waals surface area contributed by atoms with E-state index in [1.807, 2.05) is 0 Å². The molecule has 2 heterocycles. The number of piperidine rings is 1. The van der Waals surface area contributed by atoms with Gasteiger partial charge in [0.1, 0.15) is 12.4 Å². The van der Waals surface area contributed by atoms with Gasteiger partial charge in [-0.3, -0.25) is 9.78 Å². The van der Waals surface area contributed by atoms with E-state index in [1.54, 1.807) is 24.4 Å². The number of rotatable bonds is 5. The molecule has 6 nitrogen and oxygen atoms in total. The van der Waals surface area contributed by atoms with Crippen LogP contribution in [0.1, 0.15) is 18.5 Å². The molecule has 1 aliphatic rings. The van der Waals surface area contributed by atoms with E-state index in [-0.39, 0.29) is 18.0 Å². The molecule has 1 aromatic heterocycles. The maximum Gasteiger partial charge on any atom is 0.310 e. The Morgan fingerprint density at radius 2 is 2.00 bits per heavy atom. The number of carbonyl (C=O) groups excluding carboxylic acids is 1. The van der Waals surface area contributed by atoms with Crippen LogP contribution in [0.3, 0.4) is 0 Å². The molecule has 3 rings (SSSR count). The highest BCUT2D eigenvalue weighted by Gasteiger charge is 2.34. The summed E-state index contributed by atoms with van der Waals surface area (Å²) < 4.78 is 44.9. The van der Waals surface area contributed by atoms with Crippen molar-refractivity contribution in [1.29, 1.82) is 0 Å². The largest absolute Gasteiger partial charge is 0.459 e. The molecule has 2 aromatic rings. The minimum Gasteiger partial charge on any atom is -0.459 e. The molecule has 1 unspecified atom stereocenters. The number of hydrogen-bond acceptors (Lipinski definition) is 5. The fraction of sp³-hybridized carbons (Fsp3) is 0.333. The Balaban J connectivity index is 1.64. The van der Waals surface area contributed by atoms with Crippen LogP contribution < -0.4 is 0 Å². The Morgan fingerprint density at radius 1 is 1.23 bits per heavy atom. The monoisotopic (exact) mass is 378 g/mol. The van der Waals surface area contributed by atoms with Crippen molar-refractivity contribution >= 4 is 16.0 Å². The first-order chi connectivity index (χ1) is 12.5. The van der Waals surface area contributed by atoms with E-state index in [9.17, 15) is 17.6 Å². The van der Waals surface area contributed by atoms with Gasteiger partial charge in [0.05, 0.1) is 16.5 Å². The molecular formula is C18H19FN2O4S. The summed E-state index contributed by atoms with van der Waals surface area (Å²) in [4.78, 5) is 16.4. The Labute approximate surface area is 151 Å². The molecule has 0 spiro atoms. The standard InChI is InChI=1S/C18H19FN2O4S/c19-15-6-8-17(9-7-15)26(23,24)21-11-3-4-14(12-21)18(22)25-13-16-5-1-2-10-20-16/h1-2,5-10,14H,3-4,11-13H2. The van der Waals surface area contributed by atoms with Crippen molar-refractivity contribution in [3.05, 3.63) is 60.2 Å². The number of esters is 1. The van der Waals surface area contributed by atoms with Crippen molar-refractivity contribution in [1.82, 2.24) is 9.29 Å². The maximum atomic E-state index is 13.0. The summed E-state index contributed by atoms with van der Waals surface area (Å²) in [5.74, 6) is -1.46. The van der Waals surface area contributed by atoms with E-state index in [0.717, 1.165) is 12.1 Å². The third-order valence-corrected chi connectivity index (χ3v) is 6.14. The predicted molar refractivity (Wildman–Crippen MR) is 91.9 cm³/mol. The Hall–Kier alpha value is -2.32. The summed E-state index contributed by atoms with van der Waals surface area (Å²) in [5, 5.41) is 0. The van der Waals surface area contributed by atoms with Crippen LogP contribution in [-0.4, -0.2) is 36.8 Å². The summed E-state index contributed by atoms with van der Waals surface area (Å²) in [6.45, 7) is 0.436. The predicted octanol–water partition coefficient (Wildman–Crippen LogP) is 2.36. The fourth-order valence-corrected chi connectivity index (χ4v) is 4.38. The molecule has 1 saturated heterocycles. The molecule has 0 radical (unpaired) electrons. The van der Waals surface area contributed by atoms with Gasteiger partial charge in [-0.05, 0) is 49.2 Å². The lowest BCUT2D eigenvalue weighted by Gasteiger charge is -2.30. The van der Waals surface area contributed by atoms with Crippen LogP contribution in [0, 0.1) is 11.7 Å². The first-order valence-electron chi connectivity index (χ1n) is 8.29. The highest BCUT2D eigenvalue weighted by Crippen LogP contribution is 2.25. The number of hydrogen-bond donors (Lipinski definition) is 0. The molecule has 0 N–H and O–H groups in total. The van der Waals surface area contributed by atoms with Crippen molar-refractivity contribution < 1.29 is 22.3 Å². The zero-order valence-electron chi connectivity index (χ0n) is 14.0. The lowest BCUT2D eigenvalue weighted by molar-refractivity contribution is -0.151. The summed E-state index contributed by atoms with van der Waals surface area (Å²) in [7, 11) is -3.77. The number of ether oxygens (including phenoxy) is 1. The number of benzene rings is 1. The SMILES string of the molecule is O=C(OCc1ccccn1)C1CCCN(S(=O)(=O)c2ccc(F)cc2)C1. The van der Waals surface area contributed by atoms with Gasteiger partial charge < -0.3 is 4.74 Å². The second-order valence-corrected chi connectivity index (χ2v) is 8.02. The highest BCUT2D eigenvalue weighted by atomic mass is 32.2. The normalized spacial score (nSPS) is 18.4. The van der Waals surface area contributed by atoms with E-state index in [0.29, 0.717) is 25.1 Å². The van der Waals surface area contributed by atoms with Crippen molar-refractivity contribution in [2.75, 3.05) is 13.1 Å². The van der Waals surface area contributed by atoms with Crippen LogP contribution >= 0.6 is 0 Å². The van der Waals surface area contributed by atoms with Crippen LogP contribution in [0.15, 0.2) is 53.6 Å². The molecule has 1 aromatic carbocycles. The van der Waals surface area contributed by atoms with Crippen molar-refractivity contribution in [2.45, 2.75) is 24.3 Å². The second-order valence-electron chi connectivity index (χ2n) is 6.08. The number of nitrogens with zero attached hydrogens (tertiary/aromatic N) is 2. The zero-order valence-corrected chi connectivity index (χ0v) is 14.9. The van der Waals surface area contributed by atoms with Crippen molar-refractivity contribution in [3.8, 4) is 0 Å². The zero-order chi connectivity index (χ0) is 18.6. The Kier molecular flexibility index (Phi) is 5.63. The molecule has 0 bridgehead atoms. The summed E-state index contributed by atoms with van der Waals surface area (Å²) in [5.41, 5.74) is 0.632. The van der Waals surface area contributed by atoms with Gasteiger partial charge in [0.25, 0.3) is 0 Å². The van der Waals surface area contributed by atoms with Gasteiger partial charge in [0.2, 0.25) is 10.0 Å². The average molecular weight is 378 g/mol. The molecule has 1 aliphatic heterocycles. The molecule has 8 heteroatoms. The van der Waals surface area contributed by atoms with Gasteiger partial charge in [0, 0.05) is 19.3 Å². The van der Waals surface area contributed by atoms with Gasteiger partial charge in [-0.2, -0.15) is 4.31 Å². The summed E-state index contributed by atoms with van der Waals surface area (Å²) in [6, 6.07) is 9.99. The molecule has 0 amide bonds. The molecule has 138 valence electrons. The van der Waals surface area contributed by atoms with E-state index in [2.05, 4.69) is 4.98 Å². The van der Waals surface area contributed by atoms with E-state index < -0.39 is 27.7 Å². The molecule has 1 fully saturated rings. The topological polar surface area (TPSA) is 76.6 Å². The highest BCUT2D eigenvalue weighted by molar-refractivity contribution is 7.89. The smallest absolute Gasteiger partial charge is 0.310 e. The van der Waals surface area contributed by atoms with Crippen LogP contribution in [-0.2, 0) is 26.2 Å². The number of carbonyl (C=O) groups is 1. The third kappa shape index (κ3) is 4.25. The van der Waals surface area contributed by atoms with Gasteiger partial charge in [-0.15, -0.1) is 0 Å². The van der Waals surface area contributed by atoms with E-state index >= 15 is 0 Å². The fourth-order valence-electron chi connectivity index (χ4n) is 2.86. The van der Waals surface area contributed by atoms with Crippen LogP contribution in [0.2, 0.25) is 0 Å². The first kappa shape index (κ1) is 18.5. The molecule has 0 saturated carbocycles. The average Bonchev–Trinajstić information content (AvgIpc) is 2.67. The quantitative estimate of drug-likeness (QED) is 0.747. The Morgan fingerprint density at radius 3 is 2.69 bits per heavy atom. The van der Waals surface area contributed by atoms with Crippen LogP contribution in [0.4, 0.5) is 4.39 Å². The molecule has 26 heavy (non-hydrogen) atoms. The van der Waals surface area contributed by atoms with Gasteiger partial charge >= 0.3 is 5.97 Å². The van der Waals surface area contributed by atoms with Crippen LogP contribution in [0.25, 0.3) is 0 Å². The third-order valence-electron chi connectivity index (χ3n) is 4.26. The number of halogens is 1. The summed E-state index contributed by atoms with van der Waals surface area (Å²) >= 11 is 0. The van der Waals surface area contributed by atoms with Crippen LogP contribution in [0.5, 0.6) is 0 Å². The molecule has 0 aliphatic carbocycles. The number of pyridine rings is 1. The lowest BCUT2D eigenvalue weighted by atomic mass is 10.00. The van der Waals surface area contributed by atoms with E-state index in [4.69, 9.17) is 4.74 Å². The van der Waals surface area contributed by atoms with Crippen molar-refractivity contribution in [2.24, 2.45) is 5.92 Å². The van der Waals surface area contributed by atoms with E-state index in [1.165, 1.54) is 16.4 Å².